The zero-order chi connectivity index (χ0) is 12.4. The van der Waals surface area contributed by atoms with Gasteiger partial charge in [0.25, 0.3) is 0 Å². The molecular weight excluding hydrogens is 223 g/mol. The Bertz CT molecular complexity index is 294. The maximum atomic E-state index is 10.2. The van der Waals surface area contributed by atoms with E-state index >= 15 is 0 Å². The molecule has 0 aromatic heterocycles. The summed E-state index contributed by atoms with van der Waals surface area (Å²) in [7, 11) is -2.79. The van der Waals surface area contributed by atoms with Gasteiger partial charge in [-0.15, -0.1) is 0 Å². The standard InChI is InChI=1S/C8H11O3P.C4H10/c1-7-2-4-8(5-3-7)6-11-12(9)10;1-3-4-2/h2-5,12H,6H2,1H3,(H,9,10);3-4H2,1-2H3. The van der Waals surface area contributed by atoms with Gasteiger partial charge in [-0.2, -0.15) is 0 Å². The van der Waals surface area contributed by atoms with Gasteiger partial charge in [0.05, 0.1) is 6.61 Å². The van der Waals surface area contributed by atoms with E-state index in [-0.39, 0.29) is 6.61 Å². The highest BCUT2D eigenvalue weighted by Crippen LogP contribution is 2.17. The molecular formula is C12H21O3P. The molecule has 0 radical (unpaired) electrons. The van der Waals surface area contributed by atoms with Crippen molar-refractivity contribution in [3.05, 3.63) is 35.4 Å². The highest BCUT2D eigenvalue weighted by atomic mass is 31.1. The topological polar surface area (TPSA) is 46.5 Å². The number of unbranched alkanes of at least 4 members (excludes halogenated alkanes) is 1. The van der Waals surface area contributed by atoms with Crippen LogP contribution in [0.3, 0.4) is 0 Å². The summed E-state index contributed by atoms with van der Waals surface area (Å²) in [6, 6.07) is 7.63. The molecule has 4 heteroatoms. The fourth-order valence-corrected chi connectivity index (χ4v) is 1.12. The molecule has 3 nitrogen and oxygen atoms in total. The lowest BCUT2D eigenvalue weighted by atomic mass is 10.2. The summed E-state index contributed by atoms with van der Waals surface area (Å²) in [6.45, 7) is 6.55. The second kappa shape index (κ2) is 9.59. The molecule has 0 amide bonds. The van der Waals surface area contributed by atoms with Gasteiger partial charge >= 0.3 is 8.25 Å². The zero-order valence-electron chi connectivity index (χ0n) is 10.2. The van der Waals surface area contributed by atoms with Crippen LogP contribution in [0.4, 0.5) is 0 Å². The molecule has 92 valence electrons. The third kappa shape index (κ3) is 8.66. The Hall–Kier alpha value is -0.630. The molecule has 1 rings (SSSR count). The first-order chi connectivity index (χ1) is 7.60. The van der Waals surface area contributed by atoms with Gasteiger partial charge in [-0.3, -0.25) is 4.57 Å². The number of hydrogen-bond donors (Lipinski definition) is 1. The van der Waals surface area contributed by atoms with Crippen molar-refractivity contribution in [2.75, 3.05) is 0 Å². The molecule has 1 unspecified atom stereocenters. The molecule has 0 bridgehead atoms. The average molecular weight is 244 g/mol. The first-order valence-electron chi connectivity index (χ1n) is 5.51. The average Bonchev–Trinajstić information content (AvgIpc) is 2.28. The number of hydrogen-bond acceptors (Lipinski definition) is 2. The van der Waals surface area contributed by atoms with Crippen molar-refractivity contribution in [3.8, 4) is 0 Å². The van der Waals surface area contributed by atoms with Crippen molar-refractivity contribution < 1.29 is 14.0 Å². The first-order valence-corrected chi connectivity index (χ1v) is 6.77. The first kappa shape index (κ1) is 15.4. The van der Waals surface area contributed by atoms with Crippen LogP contribution in [0.5, 0.6) is 0 Å². The summed E-state index contributed by atoms with van der Waals surface area (Å²) in [6.07, 6.45) is 2.64. The van der Waals surface area contributed by atoms with Crippen molar-refractivity contribution in [2.45, 2.75) is 40.2 Å². The van der Waals surface area contributed by atoms with Crippen LogP contribution in [0, 0.1) is 6.92 Å². The number of benzene rings is 1. The number of rotatable bonds is 4. The van der Waals surface area contributed by atoms with Crippen LogP contribution in [0.2, 0.25) is 0 Å². The molecule has 0 aliphatic rings. The van der Waals surface area contributed by atoms with Gasteiger partial charge in [0.15, 0.2) is 0 Å². The largest absolute Gasteiger partial charge is 0.326 e. The molecule has 16 heavy (non-hydrogen) atoms. The van der Waals surface area contributed by atoms with E-state index in [1.807, 2.05) is 31.2 Å². The van der Waals surface area contributed by atoms with Gasteiger partial charge in [-0.1, -0.05) is 56.5 Å². The van der Waals surface area contributed by atoms with Crippen LogP contribution in [-0.2, 0) is 15.7 Å². The summed E-state index contributed by atoms with van der Waals surface area (Å²) < 4.78 is 14.8. The van der Waals surface area contributed by atoms with Gasteiger partial charge in [-0.25, -0.2) is 0 Å². The van der Waals surface area contributed by atoms with Crippen LogP contribution in [0.25, 0.3) is 0 Å². The minimum absolute atomic E-state index is 0.203. The minimum Gasteiger partial charge on any atom is -0.326 e. The van der Waals surface area contributed by atoms with Gasteiger partial charge in [0.1, 0.15) is 0 Å². The Kier molecular flexibility index (Phi) is 9.21. The summed E-state index contributed by atoms with van der Waals surface area (Å²) in [4.78, 5) is 8.39. The monoisotopic (exact) mass is 244 g/mol. The molecule has 0 fully saturated rings. The lowest BCUT2D eigenvalue weighted by molar-refractivity contribution is 0.272. The van der Waals surface area contributed by atoms with Gasteiger partial charge in [0, 0.05) is 0 Å². The molecule has 1 aromatic rings. The van der Waals surface area contributed by atoms with E-state index in [0.717, 1.165) is 11.1 Å². The predicted octanol–water partition coefficient (Wildman–Crippen LogP) is 3.70. The van der Waals surface area contributed by atoms with Crippen molar-refractivity contribution in [1.29, 1.82) is 0 Å². The zero-order valence-corrected chi connectivity index (χ0v) is 11.2. The third-order valence-electron chi connectivity index (χ3n) is 1.98. The van der Waals surface area contributed by atoms with Crippen LogP contribution in [0.1, 0.15) is 37.8 Å². The highest BCUT2D eigenvalue weighted by molar-refractivity contribution is 7.32. The molecule has 1 atom stereocenters. The Labute approximate surface area is 98.4 Å². The normalized spacial score (nSPS) is 11.5. The van der Waals surface area contributed by atoms with E-state index in [4.69, 9.17) is 4.89 Å². The summed E-state index contributed by atoms with van der Waals surface area (Å²) in [5.41, 5.74) is 2.07. The van der Waals surface area contributed by atoms with Crippen LogP contribution >= 0.6 is 8.25 Å². The quantitative estimate of drug-likeness (QED) is 0.821. The molecule has 0 aliphatic heterocycles. The van der Waals surface area contributed by atoms with Crippen molar-refractivity contribution in [3.63, 3.8) is 0 Å². The Balaban J connectivity index is 0.000000487. The van der Waals surface area contributed by atoms with E-state index in [0.29, 0.717) is 0 Å². The number of aryl methyl sites for hydroxylation is 1. The predicted molar refractivity (Wildman–Crippen MR) is 67.8 cm³/mol. The second-order valence-corrected chi connectivity index (χ2v) is 4.36. The molecule has 0 heterocycles. The van der Waals surface area contributed by atoms with Gasteiger partial charge in [-0.05, 0) is 12.5 Å². The Morgan fingerprint density at radius 1 is 1.19 bits per heavy atom. The lowest BCUT2D eigenvalue weighted by Crippen LogP contribution is -1.85. The maximum absolute atomic E-state index is 10.2. The van der Waals surface area contributed by atoms with Gasteiger partial charge in [0.2, 0.25) is 0 Å². The second-order valence-electron chi connectivity index (χ2n) is 3.54. The molecule has 0 saturated carbocycles. The van der Waals surface area contributed by atoms with Crippen molar-refractivity contribution >= 4 is 8.25 Å². The molecule has 0 saturated heterocycles. The van der Waals surface area contributed by atoms with E-state index in [2.05, 4.69) is 18.4 Å². The van der Waals surface area contributed by atoms with Crippen LogP contribution < -0.4 is 0 Å². The lowest BCUT2D eigenvalue weighted by Gasteiger charge is -2.00. The third-order valence-corrected chi connectivity index (χ3v) is 2.37. The molecule has 1 aromatic carbocycles. The van der Waals surface area contributed by atoms with Crippen LogP contribution in [-0.4, -0.2) is 4.89 Å². The van der Waals surface area contributed by atoms with Gasteiger partial charge < -0.3 is 9.42 Å². The van der Waals surface area contributed by atoms with E-state index in [1.165, 1.54) is 12.8 Å². The SMILES string of the molecule is CCCC.Cc1ccc(CO[PH](=O)O)cc1. The Morgan fingerprint density at radius 3 is 2.06 bits per heavy atom. The minimum atomic E-state index is -2.79. The van der Waals surface area contributed by atoms with E-state index in [1.54, 1.807) is 0 Å². The fourth-order valence-electron chi connectivity index (χ4n) is 0.829. The Morgan fingerprint density at radius 2 is 1.69 bits per heavy atom. The summed E-state index contributed by atoms with van der Waals surface area (Å²) >= 11 is 0. The van der Waals surface area contributed by atoms with E-state index < -0.39 is 8.25 Å². The fraction of sp³-hybridized carbons (Fsp3) is 0.500. The summed E-state index contributed by atoms with van der Waals surface area (Å²) in [5.74, 6) is 0. The van der Waals surface area contributed by atoms with Crippen molar-refractivity contribution in [2.24, 2.45) is 0 Å². The highest BCUT2D eigenvalue weighted by Gasteiger charge is 1.94. The molecule has 1 N–H and O–H groups in total. The van der Waals surface area contributed by atoms with Crippen LogP contribution in [0.15, 0.2) is 24.3 Å². The smallest absolute Gasteiger partial charge is 0.316 e. The maximum Gasteiger partial charge on any atom is 0.316 e. The van der Waals surface area contributed by atoms with Crippen molar-refractivity contribution in [1.82, 2.24) is 0 Å². The summed E-state index contributed by atoms with van der Waals surface area (Å²) in [5, 5.41) is 0. The molecule has 0 spiro atoms. The molecule has 0 aliphatic carbocycles. The van der Waals surface area contributed by atoms with E-state index in [9.17, 15) is 4.57 Å².